The molecule has 0 amide bonds. The van der Waals surface area contributed by atoms with Crippen LogP contribution >= 0.6 is 11.6 Å². The van der Waals surface area contributed by atoms with E-state index in [0.717, 1.165) is 11.8 Å². The molecule has 1 saturated heterocycles. The van der Waals surface area contributed by atoms with Gasteiger partial charge in [-0.2, -0.15) is 0 Å². The van der Waals surface area contributed by atoms with Crippen molar-refractivity contribution in [1.82, 2.24) is 15.4 Å². The highest BCUT2D eigenvalue weighted by Gasteiger charge is 2.18. The number of nitro groups is 1. The Balaban J connectivity index is 2.10. The van der Waals surface area contributed by atoms with E-state index in [1.165, 1.54) is 0 Å². The van der Waals surface area contributed by atoms with Gasteiger partial charge in [0.05, 0.1) is 11.5 Å². The Morgan fingerprint density at radius 2 is 2.50 bits per heavy atom. The highest BCUT2D eigenvalue weighted by Crippen LogP contribution is 2.13. The minimum Gasteiger partial charge on any atom is -0.345 e. The van der Waals surface area contributed by atoms with E-state index in [1.54, 1.807) is 17.2 Å². The fourth-order valence-corrected chi connectivity index (χ4v) is 1.67. The van der Waals surface area contributed by atoms with E-state index in [4.69, 9.17) is 16.4 Å². The maximum Gasteiger partial charge on any atom is 0.276 e. The molecular weight excluding hydrogens is 260 g/mol. The van der Waals surface area contributed by atoms with E-state index in [9.17, 15) is 10.1 Å². The van der Waals surface area contributed by atoms with Crippen LogP contribution in [0.25, 0.3) is 0 Å². The van der Waals surface area contributed by atoms with E-state index >= 15 is 0 Å². The Kier molecular flexibility index (Phi) is 3.96. The first-order chi connectivity index (χ1) is 8.65. The van der Waals surface area contributed by atoms with Gasteiger partial charge in [0.25, 0.3) is 6.20 Å². The van der Waals surface area contributed by atoms with E-state index in [0.29, 0.717) is 30.7 Å². The fourth-order valence-electron chi connectivity index (χ4n) is 1.56. The van der Waals surface area contributed by atoms with E-state index < -0.39 is 4.92 Å². The third-order valence-electron chi connectivity index (χ3n) is 2.37. The highest BCUT2D eigenvalue weighted by molar-refractivity contribution is 6.29. The van der Waals surface area contributed by atoms with E-state index in [2.05, 4.69) is 10.5 Å². The van der Waals surface area contributed by atoms with Crippen molar-refractivity contribution in [1.29, 1.82) is 0 Å². The van der Waals surface area contributed by atoms with Gasteiger partial charge in [0.2, 0.25) is 0 Å². The number of hydrogen-bond donors (Lipinski definition) is 1. The molecule has 1 aliphatic heterocycles. The van der Waals surface area contributed by atoms with Crippen LogP contribution in [0, 0.1) is 10.1 Å². The normalized spacial score (nSPS) is 17.6. The number of nitrogens with zero attached hydrogens (tertiary/aromatic N) is 3. The summed E-state index contributed by atoms with van der Waals surface area (Å²) in [5.41, 5.74) is 3.45. The third kappa shape index (κ3) is 3.31. The zero-order valence-electron chi connectivity index (χ0n) is 9.38. The summed E-state index contributed by atoms with van der Waals surface area (Å²) in [6.45, 7) is 1.52. The first kappa shape index (κ1) is 12.6. The van der Waals surface area contributed by atoms with Crippen LogP contribution in [0.3, 0.4) is 0 Å². The van der Waals surface area contributed by atoms with Gasteiger partial charge < -0.3 is 4.90 Å². The van der Waals surface area contributed by atoms with Gasteiger partial charge >= 0.3 is 0 Å². The summed E-state index contributed by atoms with van der Waals surface area (Å²) in [7, 11) is 0. The van der Waals surface area contributed by atoms with Crippen LogP contribution in [-0.4, -0.2) is 28.0 Å². The molecule has 0 aliphatic carbocycles. The smallest absolute Gasteiger partial charge is 0.276 e. The number of hydroxylamine groups is 1. The lowest BCUT2D eigenvalue weighted by Crippen LogP contribution is -2.40. The molecule has 1 fully saturated rings. The summed E-state index contributed by atoms with van der Waals surface area (Å²) in [5.74, 6) is 0.321. The molecule has 96 valence electrons. The maximum atomic E-state index is 10.5. The Bertz CT molecular complexity index is 463. The van der Waals surface area contributed by atoms with E-state index in [1.807, 2.05) is 6.07 Å². The molecule has 1 N–H and O–H groups in total. The van der Waals surface area contributed by atoms with Crippen LogP contribution in [0.4, 0.5) is 0 Å². The molecular formula is C10H11ClN4O3. The SMILES string of the molecule is O=[N+]([O-])/C=C1\NOCCN1Cc1ccc(Cl)nc1. The quantitative estimate of drug-likeness (QED) is 0.504. The van der Waals surface area contributed by atoms with Gasteiger partial charge in [-0.15, -0.1) is 0 Å². The van der Waals surface area contributed by atoms with Crippen molar-refractivity contribution in [3.05, 3.63) is 51.2 Å². The molecule has 1 aromatic heterocycles. The van der Waals surface area contributed by atoms with Gasteiger partial charge in [-0.05, 0) is 11.6 Å². The summed E-state index contributed by atoms with van der Waals surface area (Å²) >= 11 is 5.69. The molecule has 0 unspecified atom stereocenters. The average Bonchev–Trinajstić information content (AvgIpc) is 2.34. The maximum absolute atomic E-state index is 10.5. The summed E-state index contributed by atoms with van der Waals surface area (Å²) in [6, 6.07) is 3.51. The first-order valence-electron chi connectivity index (χ1n) is 5.23. The van der Waals surface area contributed by atoms with Crippen molar-refractivity contribution in [3.63, 3.8) is 0 Å². The topological polar surface area (TPSA) is 80.5 Å². The number of halogens is 1. The molecule has 1 aromatic rings. The molecule has 0 atom stereocenters. The van der Waals surface area contributed by atoms with Crippen molar-refractivity contribution in [2.24, 2.45) is 0 Å². The fraction of sp³-hybridized carbons (Fsp3) is 0.300. The minimum atomic E-state index is -0.524. The van der Waals surface area contributed by atoms with Crippen LogP contribution in [0.5, 0.6) is 0 Å². The molecule has 2 heterocycles. The van der Waals surface area contributed by atoms with Crippen LogP contribution in [-0.2, 0) is 11.4 Å². The number of hydrogen-bond acceptors (Lipinski definition) is 6. The van der Waals surface area contributed by atoms with Gasteiger partial charge in [-0.25, -0.2) is 10.5 Å². The molecule has 0 radical (unpaired) electrons. The molecule has 2 rings (SSSR count). The predicted octanol–water partition coefficient (Wildman–Crippen LogP) is 1.15. The van der Waals surface area contributed by atoms with Gasteiger partial charge in [0, 0.05) is 19.3 Å². The van der Waals surface area contributed by atoms with Gasteiger partial charge in [0.15, 0.2) is 5.82 Å². The van der Waals surface area contributed by atoms with E-state index in [-0.39, 0.29) is 0 Å². The lowest BCUT2D eigenvalue weighted by Gasteiger charge is -2.30. The Morgan fingerprint density at radius 3 is 3.17 bits per heavy atom. The molecule has 0 saturated carbocycles. The Morgan fingerprint density at radius 1 is 1.67 bits per heavy atom. The third-order valence-corrected chi connectivity index (χ3v) is 2.59. The average molecular weight is 271 g/mol. The summed E-state index contributed by atoms with van der Waals surface area (Å²) in [5, 5.41) is 10.9. The van der Waals surface area contributed by atoms with Crippen LogP contribution in [0.1, 0.15) is 5.56 Å². The molecule has 7 nitrogen and oxygen atoms in total. The van der Waals surface area contributed by atoms with Crippen LogP contribution in [0.2, 0.25) is 5.15 Å². The lowest BCUT2D eigenvalue weighted by molar-refractivity contribution is -0.405. The molecule has 0 spiro atoms. The lowest BCUT2D eigenvalue weighted by atomic mass is 10.2. The van der Waals surface area contributed by atoms with Gasteiger partial charge in [-0.1, -0.05) is 17.7 Å². The Labute approximate surface area is 108 Å². The summed E-state index contributed by atoms with van der Waals surface area (Å²) < 4.78 is 0. The number of aromatic nitrogens is 1. The standard InChI is InChI=1S/C10H11ClN4O3/c11-9-2-1-8(5-12-9)6-14-3-4-18-13-10(14)7-15(16)17/h1-2,5,7,13H,3-4,6H2/b10-7+. The van der Waals surface area contributed by atoms with Crippen molar-refractivity contribution < 1.29 is 9.76 Å². The molecule has 1 aliphatic rings. The molecule has 0 aromatic carbocycles. The molecule has 0 bridgehead atoms. The van der Waals surface area contributed by atoms with Crippen LogP contribution in [0.15, 0.2) is 30.4 Å². The largest absolute Gasteiger partial charge is 0.345 e. The Hall–Kier alpha value is -1.86. The number of rotatable bonds is 3. The van der Waals surface area contributed by atoms with Gasteiger partial charge in [0.1, 0.15) is 5.15 Å². The summed E-state index contributed by atoms with van der Waals surface area (Å²) in [6.07, 6.45) is 2.52. The van der Waals surface area contributed by atoms with Crippen molar-refractivity contribution in [2.45, 2.75) is 6.54 Å². The highest BCUT2D eigenvalue weighted by atomic mass is 35.5. The predicted molar refractivity (Wildman–Crippen MR) is 63.8 cm³/mol. The zero-order chi connectivity index (χ0) is 13.0. The summed E-state index contributed by atoms with van der Waals surface area (Å²) in [4.78, 5) is 20.7. The van der Waals surface area contributed by atoms with Crippen LogP contribution < -0.4 is 5.48 Å². The second-order valence-corrected chi connectivity index (χ2v) is 4.05. The minimum absolute atomic E-state index is 0.321. The van der Waals surface area contributed by atoms with Gasteiger partial charge in [-0.3, -0.25) is 15.0 Å². The van der Waals surface area contributed by atoms with Crippen molar-refractivity contribution in [2.75, 3.05) is 13.2 Å². The molecule has 18 heavy (non-hydrogen) atoms. The number of nitrogens with one attached hydrogen (secondary N) is 1. The second kappa shape index (κ2) is 5.65. The molecule has 8 heteroatoms. The first-order valence-corrected chi connectivity index (χ1v) is 5.61. The zero-order valence-corrected chi connectivity index (χ0v) is 10.1. The monoisotopic (exact) mass is 270 g/mol. The number of pyridine rings is 1. The second-order valence-electron chi connectivity index (χ2n) is 3.66. The van der Waals surface area contributed by atoms with Crippen molar-refractivity contribution in [3.8, 4) is 0 Å². The van der Waals surface area contributed by atoms with Crippen molar-refractivity contribution >= 4 is 11.6 Å².